The first-order valence-electron chi connectivity index (χ1n) is 8.73. The van der Waals surface area contributed by atoms with Crippen LogP contribution in [0.1, 0.15) is 30.0 Å². The third kappa shape index (κ3) is 6.04. The van der Waals surface area contributed by atoms with Gasteiger partial charge in [-0.1, -0.05) is 24.3 Å². The van der Waals surface area contributed by atoms with Gasteiger partial charge in [-0.15, -0.1) is 0 Å². The summed E-state index contributed by atoms with van der Waals surface area (Å²) in [5.41, 5.74) is 5.18. The van der Waals surface area contributed by atoms with Crippen LogP contribution < -0.4 is 0 Å². The van der Waals surface area contributed by atoms with Crippen molar-refractivity contribution in [2.75, 3.05) is 13.6 Å². The van der Waals surface area contributed by atoms with E-state index < -0.39 is 11.9 Å². The molecular formula is C21H24N2O4. The molecule has 1 fully saturated rings. The highest BCUT2D eigenvalue weighted by atomic mass is 16.4. The smallest absolute Gasteiger partial charge is 0.328 e. The maximum absolute atomic E-state index is 9.55. The third-order valence-corrected chi connectivity index (χ3v) is 4.49. The SMILES string of the molecule is Cc1ccccc1-c1cncc(C2CCCN2C)c1.O=C(O)C=CC(=O)O. The number of pyridine rings is 1. The molecule has 142 valence electrons. The fourth-order valence-electron chi connectivity index (χ4n) is 3.16. The molecule has 0 radical (unpaired) electrons. The number of rotatable bonds is 4. The van der Waals surface area contributed by atoms with Gasteiger partial charge >= 0.3 is 11.9 Å². The number of aryl methyl sites for hydroxylation is 1. The highest BCUT2D eigenvalue weighted by Gasteiger charge is 2.23. The fourth-order valence-corrected chi connectivity index (χ4v) is 3.16. The van der Waals surface area contributed by atoms with Crippen molar-refractivity contribution in [1.82, 2.24) is 9.88 Å². The van der Waals surface area contributed by atoms with Crippen LogP contribution in [0, 0.1) is 6.92 Å². The molecule has 2 N–H and O–H groups in total. The Morgan fingerprint density at radius 2 is 1.81 bits per heavy atom. The molecule has 0 saturated carbocycles. The lowest BCUT2D eigenvalue weighted by atomic mass is 9.98. The van der Waals surface area contributed by atoms with E-state index in [1.165, 1.54) is 41.6 Å². The van der Waals surface area contributed by atoms with Gasteiger partial charge in [-0.3, -0.25) is 9.88 Å². The molecule has 6 heteroatoms. The zero-order valence-corrected chi connectivity index (χ0v) is 15.5. The van der Waals surface area contributed by atoms with Crippen LogP contribution in [0.2, 0.25) is 0 Å². The number of carboxylic acids is 2. The Hall–Kier alpha value is -2.99. The van der Waals surface area contributed by atoms with Crippen molar-refractivity contribution in [1.29, 1.82) is 0 Å². The van der Waals surface area contributed by atoms with Gasteiger partial charge in [-0.25, -0.2) is 9.59 Å². The highest BCUT2D eigenvalue weighted by molar-refractivity contribution is 5.89. The first-order chi connectivity index (χ1) is 12.9. The summed E-state index contributed by atoms with van der Waals surface area (Å²) in [4.78, 5) is 26.0. The van der Waals surface area contributed by atoms with E-state index >= 15 is 0 Å². The molecule has 1 saturated heterocycles. The predicted octanol–water partition coefficient (Wildman–Crippen LogP) is 3.54. The number of hydrogen-bond acceptors (Lipinski definition) is 4. The molecule has 2 aromatic rings. The van der Waals surface area contributed by atoms with Crippen molar-refractivity contribution < 1.29 is 19.8 Å². The number of benzene rings is 1. The molecule has 3 rings (SSSR count). The Morgan fingerprint density at radius 1 is 1.15 bits per heavy atom. The Bertz CT molecular complexity index is 816. The molecule has 1 aromatic carbocycles. The van der Waals surface area contributed by atoms with Crippen LogP contribution in [0.25, 0.3) is 11.1 Å². The van der Waals surface area contributed by atoms with Gasteiger partial charge in [0.05, 0.1) is 0 Å². The summed E-state index contributed by atoms with van der Waals surface area (Å²) in [5.74, 6) is -2.51. The molecule has 1 aliphatic rings. The second-order valence-electron chi connectivity index (χ2n) is 6.47. The molecule has 27 heavy (non-hydrogen) atoms. The van der Waals surface area contributed by atoms with Gasteiger partial charge in [-0.05, 0) is 56.1 Å². The monoisotopic (exact) mass is 368 g/mol. The Morgan fingerprint density at radius 3 is 2.37 bits per heavy atom. The standard InChI is InChI=1S/C17H20N2.C4H4O4/c1-13-6-3-4-7-16(13)14-10-15(12-18-11-14)17-8-5-9-19(17)2;5-3(6)1-2-4(7)8/h3-4,6-7,10-12,17H,5,8-9H2,1-2H3;1-2H,(H,5,6)(H,7,8). The van der Waals surface area contributed by atoms with Crippen LogP contribution in [-0.4, -0.2) is 45.6 Å². The summed E-state index contributed by atoms with van der Waals surface area (Å²) in [7, 11) is 2.21. The molecule has 0 bridgehead atoms. The molecule has 0 aliphatic carbocycles. The lowest BCUT2D eigenvalue weighted by Gasteiger charge is -2.20. The molecule has 1 unspecified atom stereocenters. The van der Waals surface area contributed by atoms with Gasteiger partial charge in [0.15, 0.2) is 0 Å². The minimum absolute atomic E-state index is 0.538. The number of aliphatic carboxylic acids is 2. The number of likely N-dealkylation sites (tertiary alicyclic amines) is 1. The molecule has 1 aromatic heterocycles. The van der Waals surface area contributed by atoms with E-state index in [4.69, 9.17) is 10.2 Å². The quantitative estimate of drug-likeness (QED) is 0.802. The Kier molecular flexibility index (Phi) is 7.25. The maximum Gasteiger partial charge on any atom is 0.328 e. The van der Waals surface area contributed by atoms with Crippen LogP contribution in [0.3, 0.4) is 0 Å². The fraction of sp³-hybridized carbons (Fsp3) is 0.286. The van der Waals surface area contributed by atoms with E-state index in [2.05, 4.69) is 54.2 Å². The van der Waals surface area contributed by atoms with Crippen molar-refractivity contribution in [3.63, 3.8) is 0 Å². The molecule has 6 nitrogen and oxygen atoms in total. The van der Waals surface area contributed by atoms with Gasteiger partial charge in [-0.2, -0.15) is 0 Å². The average molecular weight is 368 g/mol. The van der Waals surface area contributed by atoms with E-state index in [-0.39, 0.29) is 0 Å². The minimum Gasteiger partial charge on any atom is -0.478 e. The van der Waals surface area contributed by atoms with Crippen LogP contribution in [-0.2, 0) is 9.59 Å². The van der Waals surface area contributed by atoms with Crippen molar-refractivity contribution in [2.24, 2.45) is 0 Å². The molecule has 0 amide bonds. The van der Waals surface area contributed by atoms with Gasteiger partial charge in [0.1, 0.15) is 0 Å². The lowest BCUT2D eigenvalue weighted by Crippen LogP contribution is -2.17. The second kappa shape index (κ2) is 9.64. The third-order valence-electron chi connectivity index (χ3n) is 4.49. The van der Waals surface area contributed by atoms with E-state index in [9.17, 15) is 9.59 Å². The molecule has 2 heterocycles. The number of carbonyl (C=O) groups is 2. The predicted molar refractivity (Wildman–Crippen MR) is 103 cm³/mol. The second-order valence-corrected chi connectivity index (χ2v) is 6.47. The summed E-state index contributed by atoms with van der Waals surface area (Å²) in [6, 6.07) is 11.4. The van der Waals surface area contributed by atoms with Gasteiger partial charge in [0.2, 0.25) is 0 Å². The maximum atomic E-state index is 9.55. The zero-order valence-electron chi connectivity index (χ0n) is 15.5. The van der Waals surface area contributed by atoms with Crippen molar-refractivity contribution in [2.45, 2.75) is 25.8 Å². The van der Waals surface area contributed by atoms with E-state index in [1.54, 1.807) is 0 Å². The van der Waals surface area contributed by atoms with E-state index in [0.29, 0.717) is 18.2 Å². The Balaban J connectivity index is 0.000000279. The number of aromatic nitrogens is 1. The number of hydrogen-bond donors (Lipinski definition) is 2. The van der Waals surface area contributed by atoms with Crippen LogP contribution in [0.5, 0.6) is 0 Å². The molecular weight excluding hydrogens is 344 g/mol. The van der Waals surface area contributed by atoms with Crippen LogP contribution >= 0.6 is 0 Å². The topological polar surface area (TPSA) is 90.7 Å². The first kappa shape index (κ1) is 20.3. The molecule has 1 atom stereocenters. The minimum atomic E-state index is -1.26. The van der Waals surface area contributed by atoms with Crippen molar-refractivity contribution in [3.8, 4) is 11.1 Å². The van der Waals surface area contributed by atoms with E-state index in [1.807, 2.05) is 12.4 Å². The number of nitrogens with zero attached hydrogens (tertiary/aromatic N) is 2. The van der Waals surface area contributed by atoms with Gasteiger partial charge in [0, 0.05) is 36.2 Å². The summed E-state index contributed by atoms with van der Waals surface area (Å²) in [6.07, 6.45) is 7.64. The number of carboxylic acid groups (broad SMARTS) is 2. The largest absolute Gasteiger partial charge is 0.478 e. The van der Waals surface area contributed by atoms with Crippen LogP contribution in [0.15, 0.2) is 54.9 Å². The summed E-state index contributed by atoms with van der Waals surface area (Å²) in [6.45, 7) is 3.35. The lowest BCUT2D eigenvalue weighted by molar-refractivity contribution is -0.134. The normalized spacial score (nSPS) is 16.7. The van der Waals surface area contributed by atoms with Crippen molar-refractivity contribution >= 4 is 11.9 Å². The summed E-state index contributed by atoms with van der Waals surface area (Å²) < 4.78 is 0. The van der Waals surface area contributed by atoms with Crippen LogP contribution in [0.4, 0.5) is 0 Å². The highest BCUT2D eigenvalue weighted by Crippen LogP contribution is 2.32. The molecule has 0 spiro atoms. The van der Waals surface area contributed by atoms with Gasteiger partial charge < -0.3 is 10.2 Å². The summed E-state index contributed by atoms with van der Waals surface area (Å²) in [5, 5.41) is 15.6. The first-order valence-corrected chi connectivity index (χ1v) is 8.73. The average Bonchev–Trinajstić information content (AvgIpc) is 3.07. The van der Waals surface area contributed by atoms with E-state index in [0.717, 1.165) is 0 Å². The molecule has 1 aliphatic heterocycles. The zero-order chi connectivity index (χ0) is 19.8. The Labute approximate surface area is 158 Å². The summed E-state index contributed by atoms with van der Waals surface area (Å²) >= 11 is 0. The van der Waals surface area contributed by atoms with Crippen molar-refractivity contribution in [3.05, 3.63) is 66.0 Å². The van der Waals surface area contributed by atoms with Gasteiger partial charge in [0.25, 0.3) is 0 Å².